The Morgan fingerprint density at radius 2 is 2.30 bits per heavy atom. The Kier molecular flexibility index (Phi) is 5.19. The van der Waals surface area contributed by atoms with E-state index < -0.39 is 10.0 Å². The molecule has 114 valence electrons. The standard InChI is InChI=1S/C13H21NO4S2/c1-3-11-10(4-5-18-11)6-14-20(16,17)13-9(2)8-19-12(13)7-15/h8,10-11,14-15H,3-7H2,1-2H3. The number of nitrogens with one attached hydrogen (secondary N) is 1. The third kappa shape index (κ3) is 3.23. The van der Waals surface area contributed by atoms with Crippen molar-refractivity contribution in [3.63, 3.8) is 0 Å². The van der Waals surface area contributed by atoms with Gasteiger partial charge in [0.05, 0.1) is 17.6 Å². The summed E-state index contributed by atoms with van der Waals surface area (Å²) >= 11 is 1.27. The van der Waals surface area contributed by atoms with Crippen molar-refractivity contribution in [2.45, 2.75) is 44.3 Å². The predicted octanol–water partition coefficient (Wildman–Crippen LogP) is 1.64. The van der Waals surface area contributed by atoms with Gasteiger partial charge in [-0.1, -0.05) is 6.92 Å². The Balaban J connectivity index is 2.09. The van der Waals surface area contributed by atoms with Gasteiger partial charge in [0.2, 0.25) is 10.0 Å². The van der Waals surface area contributed by atoms with Gasteiger partial charge in [-0.15, -0.1) is 11.3 Å². The van der Waals surface area contributed by atoms with Crippen molar-refractivity contribution in [2.75, 3.05) is 13.2 Å². The minimum absolute atomic E-state index is 0.138. The van der Waals surface area contributed by atoms with Crippen LogP contribution in [0.15, 0.2) is 10.3 Å². The van der Waals surface area contributed by atoms with Crippen LogP contribution in [-0.2, 0) is 21.4 Å². The van der Waals surface area contributed by atoms with E-state index in [9.17, 15) is 13.5 Å². The highest BCUT2D eigenvalue weighted by Crippen LogP contribution is 2.28. The first kappa shape index (κ1) is 15.9. The van der Waals surface area contributed by atoms with Gasteiger partial charge in [0, 0.05) is 19.1 Å². The van der Waals surface area contributed by atoms with Crippen LogP contribution in [-0.4, -0.2) is 32.8 Å². The number of aliphatic hydroxyl groups is 1. The van der Waals surface area contributed by atoms with E-state index in [2.05, 4.69) is 4.72 Å². The lowest BCUT2D eigenvalue weighted by Crippen LogP contribution is -2.33. The molecule has 2 atom stereocenters. The van der Waals surface area contributed by atoms with Crippen molar-refractivity contribution >= 4 is 21.4 Å². The van der Waals surface area contributed by atoms with Crippen LogP contribution in [0.5, 0.6) is 0 Å². The first-order chi connectivity index (χ1) is 9.49. The Labute approximate surface area is 124 Å². The second-order valence-electron chi connectivity index (χ2n) is 5.05. The summed E-state index contributed by atoms with van der Waals surface area (Å²) in [6, 6.07) is 0. The molecule has 1 saturated heterocycles. The minimum atomic E-state index is -3.56. The second-order valence-corrected chi connectivity index (χ2v) is 7.72. The summed E-state index contributed by atoms with van der Waals surface area (Å²) in [5.74, 6) is 0.228. The molecule has 1 aromatic heterocycles. The van der Waals surface area contributed by atoms with Crippen molar-refractivity contribution in [1.82, 2.24) is 4.72 Å². The van der Waals surface area contributed by atoms with Gasteiger partial charge < -0.3 is 9.84 Å². The molecule has 0 amide bonds. The molecule has 20 heavy (non-hydrogen) atoms. The number of aryl methyl sites for hydroxylation is 1. The molecule has 7 heteroatoms. The fraction of sp³-hybridized carbons (Fsp3) is 0.692. The van der Waals surface area contributed by atoms with E-state index in [-0.39, 0.29) is 23.5 Å². The number of aliphatic hydroxyl groups excluding tert-OH is 1. The van der Waals surface area contributed by atoms with E-state index in [1.54, 1.807) is 12.3 Å². The maximum atomic E-state index is 12.4. The maximum Gasteiger partial charge on any atom is 0.242 e. The van der Waals surface area contributed by atoms with Crippen LogP contribution in [0.25, 0.3) is 0 Å². The highest BCUT2D eigenvalue weighted by atomic mass is 32.2. The van der Waals surface area contributed by atoms with Gasteiger partial charge in [-0.25, -0.2) is 13.1 Å². The van der Waals surface area contributed by atoms with Gasteiger partial charge in [-0.3, -0.25) is 0 Å². The topological polar surface area (TPSA) is 75.6 Å². The van der Waals surface area contributed by atoms with Crippen LogP contribution in [0, 0.1) is 12.8 Å². The monoisotopic (exact) mass is 319 g/mol. The number of thiophene rings is 1. The smallest absolute Gasteiger partial charge is 0.242 e. The van der Waals surface area contributed by atoms with Gasteiger partial charge in [0.25, 0.3) is 0 Å². The van der Waals surface area contributed by atoms with Crippen molar-refractivity contribution in [3.8, 4) is 0 Å². The van der Waals surface area contributed by atoms with Crippen molar-refractivity contribution in [1.29, 1.82) is 0 Å². The fourth-order valence-electron chi connectivity index (χ4n) is 2.62. The summed E-state index contributed by atoms with van der Waals surface area (Å²) in [6.45, 7) is 4.63. The van der Waals surface area contributed by atoms with Crippen LogP contribution in [0.4, 0.5) is 0 Å². The Morgan fingerprint density at radius 3 is 2.95 bits per heavy atom. The molecular formula is C13H21NO4S2. The quantitative estimate of drug-likeness (QED) is 0.836. The van der Waals surface area contributed by atoms with Crippen LogP contribution in [0.2, 0.25) is 0 Å². The number of sulfonamides is 1. The lowest BCUT2D eigenvalue weighted by molar-refractivity contribution is 0.0884. The fourth-order valence-corrected chi connectivity index (χ4v) is 5.38. The Hall–Kier alpha value is -0.470. The van der Waals surface area contributed by atoms with Gasteiger partial charge in [-0.05, 0) is 30.7 Å². The number of hydrogen-bond donors (Lipinski definition) is 2. The SMILES string of the molecule is CCC1OCCC1CNS(=O)(=O)c1c(C)csc1CO. The highest BCUT2D eigenvalue weighted by molar-refractivity contribution is 7.89. The molecule has 0 spiro atoms. The van der Waals surface area contributed by atoms with Gasteiger partial charge in [0.15, 0.2) is 0 Å². The van der Waals surface area contributed by atoms with E-state index in [1.807, 2.05) is 6.92 Å². The summed E-state index contributed by atoms with van der Waals surface area (Å²) < 4.78 is 33.0. The first-order valence-electron chi connectivity index (χ1n) is 6.78. The molecule has 1 aliphatic rings. The lowest BCUT2D eigenvalue weighted by Gasteiger charge is -2.17. The summed E-state index contributed by atoms with van der Waals surface area (Å²) in [5.41, 5.74) is 0.682. The largest absolute Gasteiger partial charge is 0.391 e. The van der Waals surface area contributed by atoms with Crippen LogP contribution < -0.4 is 4.72 Å². The van der Waals surface area contributed by atoms with Gasteiger partial charge in [0.1, 0.15) is 4.90 Å². The molecule has 1 aliphatic heterocycles. The molecule has 0 aromatic carbocycles. The van der Waals surface area contributed by atoms with E-state index >= 15 is 0 Å². The number of ether oxygens (including phenoxy) is 1. The molecule has 0 bridgehead atoms. The zero-order valence-electron chi connectivity index (χ0n) is 11.8. The average molecular weight is 319 g/mol. The molecule has 2 unspecified atom stereocenters. The van der Waals surface area contributed by atoms with E-state index in [0.29, 0.717) is 23.6 Å². The zero-order chi connectivity index (χ0) is 14.8. The molecule has 5 nitrogen and oxygen atoms in total. The Morgan fingerprint density at radius 1 is 1.55 bits per heavy atom. The molecule has 1 fully saturated rings. The molecule has 1 aromatic rings. The summed E-state index contributed by atoms with van der Waals surface area (Å²) in [7, 11) is -3.56. The van der Waals surface area contributed by atoms with E-state index in [4.69, 9.17) is 4.74 Å². The van der Waals surface area contributed by atoms with E-state index in [1.165, 1.54) is 11.3 Å². The van der Waals surface area contributed by atoms with Crippen LogP contribution >= 0.6 is 11.3 Å². The Bertz CT molecular complexity index is 553. The normalized spacial score (nSPS) is 23.4. The van der Waals surface area contributed by atoms with Crippen LogP contribution in [0.3, 0.4) is 0 Å². The number of hydrogen-bond acceptors (Lipinski definition) is 5. The average Bonchev–Trinajstić information content (AvgIpc) is 3.02. The van der Waals surface area contributed by atoms with Crippen LogP contribution in [0.1, 0.15) is 30.2 Å². The van der Waals surface area contributed by atoms with Crippen molar-refractivity contribution < 1.29 is 18.3 Å². The maximum absolute atomic E-state index is 12.4. The minimum Gasteiger partial charge on any atom is -0.391 e. The number of rotatable bonds is 6. The molecule has 2 N–H and O–H groups in total. The first-order valence-corrected chi connectivity index (χ1v) is 9.15. The third-order valence-electron chi connectivity index (χ3n) is 3.69. The van der Waals surface area contributed by atoms with Gasteiger partial charge in [-0.2, -0.15) is 0 Å². The molecule has 0 saturated carbocycles. The predicted molar refractivity (Wildman–Crippen MR) is 78.3 cm³/mol. The van der Waals surface area contributed by atoms with Crippen molar-refractivity contribution in [3.05, 3.63) is 15.8 Å². The summed E-state index contributed by atoms with van der Waals surface area (Å²) in [5, 5.41) is 11.0. The zero-order valence-corrected chi connectivity index (χ0v) is 13.4. The lowest BCUT2D eigenvalue weighted by atomic mass is 10.0. The van der Waals surface area contributed by atoms with Gasteiger partial charge >= 0.3 is 0 Å². The highest BCUT2D eigenvalue weighted by Gasteiger charge is 2.29. The summed E-state index contributed by atoms with van der Waals surface area (Å²) in [6.07, 6.45) is 1.92. The van der Waals surface area contributed by atoms with Crippen molar-refractivity contribution in [2.24, 2.45) is 5.92 Å². The molecular weight excluding hydrogens is 298 g/mol. The molecule has 0 radical (unpaired) electrons. The van der Waals surface area contributed by atoms with E-state index in [0.717, 1.165) is 12.8 Å². The molecule has 2 heterocycles. The third-order valence-corrected chi connectivity index (χ3v) is 6.56. The molecule has 2 rings (SSSR count). The summed E-state index contributed by atoms with van der Waals surface area (Å²) in [4.78, 5) is 0.724. The second kappa shape index (κ2) is 6.53. The molecule has 0 aliphatic carbocycles.